The summed E-state index contributed by atoms with van der Waals surface area (Å²) in [6, 6.07) is 15.9. The first-order valence-electron chi connectivity index (χ1n) is 12.7. The zero-order valence-corrected chi connectivity index (χ0v) is 22.3. The number of hydrogen-bond donors (Lipinski definition) is 0. The maximum absolute atomic E-state index is 13.8. The van der Waals surface area contributed by atoms with Crippen LogP contribution in [0.25, 0.3) is 17.2 Å². The van der Waals surface area contributed by atoms with Crippen LogP contribution in [0.4, 0.5) is 11.6 Å². The zero-order chi connectivity index (χ0) is 27.1. The van der Waals surface area contributed by atoms with Crippen LogP contribution < -0.4 is 9.80 Å². The first-order chi connectivity index (χ1) is 18.4. The van der Waals surface area contributed by atoms with Crippen molar-refractivity contribution in [3.8, 4) is 11.1 Å². The Bertz CT molecular complexity index is 1270. The van der Waals surface area contributed by atoms with Gasteiger partial charge in [-0.3, -0.25) is 9.69 Å². The van der Waals surface area contributed by atoms with Gasteiger partial charge in [0.05, 0.1) is 7.11 Å². The topological polar surface area (TPSA) is 84.9 Å². The molecule has 1 aliphatic heterocycles. The van der Waals surface area contributed by atoms with Crippen LogP contribution in [0.15, 0.2) is 67.0 Å². The molecule has 1 unspecified atom stereocenters. The molecule has 3 aromatic rings. The molecule has 196 valence electrons. The van der Waals surface area contributed by atoms with Gasteiger partial charge in [-0.2, -0.15) is 0 Å². The van der Waals surface area contributed by atoms with Crippen LogP contribution in [0.5, 0.6) is 0 Å². The van der Waals surface area contributed by atoms with E-state index in [1.54, 1.807) is 23.2 Å². The number of anilines is 2. The molecule has 9 heteroatoms. The maximum atomic E-state index is 13.8. The van der Waals surface area contributed by atoms with Gasteiger partial charge in [-0.05, 0) is 59.9 Å². The van der Waals surface area contributed by atoms with Crippen molar-refractivity contribution in [1.29, 1.82) is 0 Å². The van der Waals surface area contributed by atoms with Crippen LogP contribution in [0, 0.1) is 5.92 Å². The minimum atomic E-state index is -0.446. The third kappa shape index (κ3) is 6.47. The Morgan fingerprint density at radius 2 is 1.74 bits per heavy atom. The fourth-order valence-corrected chi connectivity index (χ4v) is 4.47. The maximum Gasteiger partial charge on any atom is 0.330 e. The summed E-state index contributed by atoms with van der Waals surface area (Å²) in [6.07, 6.45) is 7.88. The number of carbonyl (C=O) groups is 2. The highest BCUT2D eigenvalue weighted by atomic mass is 16.5. The molecule has 0 N–H and O–H groups in total. The van der Waals surface area contributed by atoms with E-state index < -0.39 is 5.97 Å². The van der Waals surface area contributed by atoms with Crippen LogP contribution in [0.1, 0.15) is 29.9 Å². The number of esters is 1. The number of hydrogen-bond acceptors (Lipinski definition) is 7. The summed E-state index contributed by atoms with van der Waals surface area (Å²) in [6.45, 7) is 1.15. The summed E-state index contributed by atoms with van der Waals surface area (Å²) in [4.78, 5) is 38.2. The van der Waals surface area contributed by atoms with E-state index in [0.717, 1.165) is 28.1 Å². The number of ether oxygens (including phenoxy) is 2. The summed E-state index contributed by atoms with van der Waals surface area (Å²) in [5.41, 5.74) is 3.82. The first-order valence-corrected chi connectivity index (χ1v) is 12.7. The molecule has 8 nitrogen and oxygen atoms in total. The molecular weight excluding hydrogens is 479 g/mol. The lowest BCUT2D eigenvalue weighted by molar-refractivity contribution is -0.134. The van der Waals surface area contributed by atoms with Gasteiger partial charge in [0.2, 0.25) is 5.91 Å². The quantitative estimate of drug-likeness (QED) is 0.260. The predicted molar refractivity (Wildman–Crippen MR) is 152 cm³/mol. The molecule has 1 aliphatic rings. The molecular formula is C29H33BN4O4. The molecule has 1 aromatic carbocycles. The average Bonchev–Trinajstić information content (AvgIpc) is 2.96. The Labute approximate surface area is 224 Å². The Morgan fingerprint density at radius 3 is 2.37 bits per heavy atom. The van der Waals surface area contributed by atoms with E-state index >= 15 is 0 Å². The van der Waals surface area contributed by atoms with E-state index in [0.29, 0.717) is 31.9 Å². The van der Waals surface area contributed by atoms with Crippen LogP contribution in [0.2, 0.25) is 0 Å². The number of amides is 1. The van der Waals surface area contributed by atoms with Crippen molar-refractivity contribution in [2.24, 2.45) is 5.92 Å². The number of rotatable bonds is 8. The highest BCUT2D eigenvalue weighted by Gasteiger charge is 2.31. The number of pyridine rings is 2. The fraction of sp³-hybridized carbons (Fsp3) is 0.310. The third-order valence-electron chi connectivity index (χ3n) is 6.76. The number of benzene rings is 1. The lowest BCUT2D eigenvalue weighted by Gasteiger charge is -2.33. The molecule has 2 aromatic heterocycles. The summed E-state index contributed by atoms with van der Waals surface area (Å²) < 4.78 is 10.2. The Hall–Kier alpha value is -3.98. The highest BCUT2D eigenvalue weighted by molar-refractivity contribution is 6.17. The van der Waals surface area contributed by atoms with Crippen LogP contribution in [-0.2, 0) is 19.1 Å². The lowest BCUT2D eigenvalue weighted by atomic mass is 9.85. The van der Waals surface area contributed by atoms with Gasteiger partial charge in [-0.1, -0.05) is 24.3 Å². The van der Waals surface area contributed by atoms with Gasteiger partial charge < -0.3 is 14.4 Å². The van der Waals surface area contributed by atoms with Crippen molar-refractivity contribution in [2.45, 2.75) is 18.8 Å². The molecule has 1 atom stereocenters. The number of aromatic nitrogens is 2. The SMILES string of the molecule is BC(c1ccc(-c2ccc(N(C)C)nc2)cc1)N(C(=O)C1CCOCC1)c1cc(/C=C/C(=O)OC)ccn1. The molecule has 3 heterocycles. The zero-order valence-electron chi connectivity index (χ0n) is 22.3. The average molecular weight is 512 g/mol. The van der Waals surface area contributed by atoms with Crippen molar-refractivity contribution in [2.75, 3.05) is 44.2 Å². The van der Waals surface area contributed by atoms with Crippen molar-refractivity contribution in [1.82, 2.24) is 9.97 Å². The lowest BCUT2D eigenvalue weighted by Crippen LogP contribution is -2.41. The van der Waals surface area contributed by atoms with Gasteiger partial charge >= 0.3 is 5.97 Å². The normalized spacial score (nSPS) is 14.7. The first kappa shape index (κ1) is 27.1. The van der Waals surface area contributed by atoms with Crippen molar-refractivity contribution < 1.29 is 19.1 Å². The number of nitrogens with zero attached hydrogens (tertiary/aromatic N) is 4. The van der Waals surface area contributed by atoms with E-state index in [2.05, 4.69) is 28.2 Å². The summed E-state index contributed by atoms with van der Waals surface area (Å²) in [5.74, 6) is 0.614. The number of carbonyl (C=O) groups excluding carboxylic acids is 2. The van der Waals surface area contributed by atoms with Gasteiger partial charge in [-0.25, -0.2) is 14.8 Å². The van der Waals surface area contributed by atoms with Gasteiger partial charge in [0.1, 0.15) is 19.5 Å². The third-order valence-corrected chi connectivity index (χ3v) is 6.76. The molecule has 1 saturated heterocycles. The molecule has 1 amide bonds. The molecule has 0 spiro atoms. The van der Waals surface area contributed by atoms with Gasteiger partial charge in [-0.15, -0.1) is 0 Å². The van der Waals surface area contributed by atoms with Crippen LogP contribution in [0.3, 0.4) is 0 Å². The molecule has 0 radical (unpaired) electrons. The minimum absolute atomic E-state index is 0.0231. The van der Waals surface area contributed by atoms with E-state index in [9.17, 15) is 9.59 Å². The van der Waals surface area contributed by atoms with E-state index in [1.807, 2.05) is 57.3 Å². The smallest absolute Gasteiger partial charge is 0.330 e. The summed E-state index contributed by atoms with van der Waals surface area (Å²) in [5, 5.41) is 0. The van der Waals surface area contributed by atoms with Crippen LogP contribution >= 0.6 is 0 Å². The molecule has 0 saturated carbocycles. The summed E-state index contributed by atoms with van der Waals surface area (Å²) >= 11 is 0. The van der Waals surface area contributed by atoms with Crippen molar-refractivity contribution in [3.63, 3.8) is 0 Å². The molecule has 0 aliphatic carbocycles. The second-order valence-corrected chi connectivity index (χ2v) is 9.50. The van der Waals surface area contributed by atoms with E-state index in [4.69, 9.17) is 9.47 Å². The Kier molecular flexibility index (Phi) is 8.91. The van der Waals surface area contributed by atoms with Gasteiger partial charge in [0, 0.05) is 63.2 Å². The van der Waals surface area contributed by atoms with Gasteiger partial charge in [0.15, 0.2) is 0 Å². The van der Waals surface area contributed by atoms with Crippen molar-refractivity contribution >= 4 is 37.4 Å². The van der Waals surface area contributed by atoms with E-state index in [-0.39, 0.29) is 17.8 Å². The Balaban J connectivity index is 1.63. The fourth-order valence-electron chi connectivity index (χ4n) is 4.47. The standard InChI is InChI=1S/C29H33BN4O4/c1-33(2)25-10-9-24(19-32-25)21-5-7-22(8-6-21)28(30)34(29(36)23-13-16-38-17-14-23)26-18-20(12-15-31-26)4-11-27(35)37-3/h4-12,15,18-19,23,28H,13-14,16-17,30H2,1-3H3/b11-4+. The predicted octanol–water partition coefficient (Wildman–Crippen LogP) is 3.49. The highest BCUT2D eigenvalue weighted by Crippen LogP contribution is 2.30. The Morgan fingerprint density at radius 1 is 1.03 bits per heavy atom. The van der Waals surface area contributed by atoms with E-state index in [1.165, 1.54) is 13.2 Å². The second kappa shape index (κ2) is 12.5. The number of methoxy groups -OCH3 is 1. The van der Waals surface area contributed by atoms with Gasteiger partial charge in [0.25, 0.3) is 0 Å². The van der Waals surface area contributed by atoms with Crippen LogP contribution in [-0.4, -0.2) is 64.1 Å². The molecule has 0 bridgehead atoms. The monoisotopic (exact) mass is 512 g/mol. The molecule has 38 heavy (non-hydrogen) atoms. The molecule has 1 fully saturated rings. The second-order valence-electron chi connectivity index (χ2n) is 9.50. The van der Waals surface area contributed by atoms with Crippen molar-refractivity contribution in [3.05, 3.63) is 78.1 Å². The minimum Gasteiger partial charge on any atom is -0.466 e. The summed E-state index contributed by atoms with van der Waals surface area (Å²) in [7, 11) is 7.27. The molecule has 4 rings (SSSR count). The largest absolute Gasteiger partial charge is 0.466 e.